The molecule has 2 saturated carbocycles. The van der Waals surface area contributed by atoms with Crippen LogP contribution in [-0.2, 0) is 0 Å². The van der Waals surface area contributed by atoms with Crippen molar-refractivity contribution < 1.29 is 0 Å². The van der Waals surface area contributed by atoms with E-state index in [-0.39, 0.29) is 0 Å². The minimum Gasteiger partial charge on any atom is -0.313 e. The Morgan fingerprint density at radius 2 is 1.70 bits per heavy atom. The molecular formula is C18H34N2. The van der Waals surface area contributed by atoms with Crippen molar-refractivity contribution in [1.82, 2.24) is 10.2 Å². The first-order valence-corrected chi connectivity index (χ1v) is 9.29. The number of hydrogen-bond acceptors (Lipinski definition) is 2. The summed E-state index contributed by atoms with van der Waals surface area (Å²) < 4.78 is 0. The largest absolute Gasteiger partial charge is 0.313 e. The number of rotatable bonds is 4. The highest BCUT2D eigenvalue weighted by atomic mass is 15.2. The summed E-state index contributed by atoms with van der Waals surface area (Å²) in [5.41, 5.74) is 0.791. The predicted octanol–water partition coefficient (Wildman–Crippen LogP) is 3.95. The third-order valence-electron chi connectivity index (χ3n) is 6.47. The van der Waals surface area contributed by atoms with Crippen LogP contribution in [0.5, 0.6) is 0 Å². The summed E-state index contributed by atoms with van der Waals surface area (Å²) in [6.45, 7) is 6.16. The predicted molar refractivity (Wildman–Crippen MR) is 86.0 cm³/mol. The Kier molecular flexibility index (Phi) is 5.04. The molecule has 0 aromatic heterocycles. The molecule has 1 aliphatic heterocycles. The second-order valence-electron chi connectivity index (χ2n) is 7.67. The monoisotopic (exact) mass is 278 g/mol. The van der Waals surface area contributed by atoms with Crippen LogP contribution in [-0.4, -0.2) is 36.6 Å². The molecule has 0 amide bonds. The topological polar surface area (TPSA) is 15.3 Å². The molecule has 2 heteroatoms. The van der Waals surface area contributed by atoms with Gasteiger partial charge in [-0.05, 0) is 69.9 Å². The van der Waals surface area contributed by atoms with Crippen LogP contribution in [0.25, 0.3) is 0 Å². The van der Waals surface area contributed by atoms with Crippen molar-refractivity contribution in [3.63, 3.8) is 0 Å². The Morgan fingerprint density at radius 3 is 2.30 bits per heavy atom. The average Bonchev–Trinajstić information content (AvgIpc) is 2.95. The molecule has 1 saturated heterocycles. The van der Waals surface area contributed by atoms with Gasteiger partial charge in [-0.25, -0.2) is 0 Å². The van der Waals surface area contributed by atoms with Crippen molar-refractivity contribution in [1.29, 1.82) is 0 Å². The molecule has 1 heterocycles. The maximum Gasteiger partial charge on any atom is 0.0195 e. The summed E-state index contributed by atoms with van der Waals surface area (Å²) in [6.07, 6.45) is 16.3. The molecule has 2 aliphatic carbocycles. The highest BCUT2D eigenvalue weighted by Gasteiger charge is 2.38. The third kappa shape index (κ3) is 3.39. The first-order chi connectivity index (χ1) is 9.81. The first-order valence-electron chi connectivity index (χ1n) is 9.29. The minimum absolute atomic E-state index is 0.770. The molecule has 3 fully saturated rings. The second kappa shape index (κ2) is 6.79. The van der Waals surface area contributed by atoms with E-state index in [0.29, 0.717) is 0 Å². The Balaban J connectivity index is 1.49. The summed E-state index contributed by atoms with van der Waals surface area (Å²) in [4.78, 5) is 2.80. The van der Waals surface area contributed by atoms with Gasteiger partial charge in [0.25, 0.3) is 0 Å². The van der Waals surface area contributed by atoms with E-state index in [9.17, 15) is 0 Å². The highest BCUT2D eigenvalue weighted by Crippen LogP contribution is 2.49. The van der Waals surface area contributed by atoms with Crippen LogP contribution in [0.1, 0.15) is 77.6 Å². The van der Waals surface area contributed by atoms with Gasteiger partial charge in [0.05, 0.1) is 0 Å². The van der Waals surface area contributed by atoms with Crippen LogP contribution in [0.15, 0.2) is 0 Å². The molecule has 1 unspecified atom stereocenters. The quantitative estimate of drug-likeness (QED) is 0.837. The van der Waals surface area contributed by atoms with Crippen molar-refractivity contribution in [2.24, 2.45) is 5.41 Å². The fourth-order valence-corrected chi connectivity index (χ4v) is 5.10. The van der Waals surface area contributed by atoms with Crippen LogP contribution in [0.4, 0.5) is 0 Å². The van der Waals surface area contributed by atoms with E-state index in [4.69, 9.17) is 0 Å². The molecule has 116 valence electrons. The summed E-state index contributed by atoms with van der Waals surface area (Å²) in [6, 6.07) is 1.65. The van der Waals surface area contributed by atoms with E-state index >= 15 is 0 Å². The highest BCUT2D eigenvalue weighted by molar-refractivity contribution is 4.92. The van der Waals surface area contributed by atoms with Gasteiger partial charge in [0.2, 0.25) is 0 Å². The van der Waals surface area contributed by atoms with Gasteiger partial charge in [-0.15, -0.1) is 0 Å². The van der Waals surface area contributed by atoms with Crippen LogP contribution < -0.4 is 5.32 Å². The summed E-state index contributed by atoms with van der Waals surface area (Å²) >= 11 is 0. The zero-order valence-electron chi connectivity index (χ0n) is 13.5. The second-order valence-corrected chi connectivity index (χ2v) is 7.67. The number of nitrogens with one attached hydrogen (secondary N) is 1. The zero-order chi connectivity index (χ0) is 13.8. The molecule has 2 nitrogen and oxygen atoms in total. The fraction of sp³-hybridized carbons (Fsp3) is 1.00. The molecule has 20 heavy (non-hydrogen) atoms. The molecular weight excluding hydrogens is 244 g/mol. The Labute approximate surface area is 125 Å². The molecule has 0 bridgehead atoms. The van der Waals surface area contributed by atoms with E-state index in [2.05, 4.69) is 17.1 Å². The Bertz CT molecular complexity index is 280. The zero-order valence-corrected chi connectivity index (χ0v) is 13.5. The van der Waals surface area contributed by atoms with Crippen LogP contribution in [0.2, 0.25) is 0 Å². The van der Waals surface area contributed by atoms with Crippen molar-refractivity contribution in [3.8, 4) is 0 Å². The van der Waals surface area contributed by atoms with Crippen LogP contribution >= 0.6 is 0 Å². The lowest BCUT2D eigenvalue weighted by Gasteiger charge is -2.43. The van der Waals surface area contributed by atoms with E-state index in [0.717, 1.165) is 17.5 Å². The standard InChI is InChI=1S/C18H34N2/c1-2-20(15-16-7-3-6-14-19-16)17-8-12-18(13-9-17)10-4-5-11-18/h16-17,19H,2-15H2,1H3. The fourth-order valence-electron chi connectivity index (χ4n) is 5.10. The smallest absolute Gasteiger partial charge is 0.0195 e. The average molecular weight is 278 g/mol. The number of nitrogens with zero attached hydrogens (tertiary/aromatic N) is 1. The first kappa shape index (κ1) is 14.8. The molecule has 0 radical (unpaired) electrons. The molecule has 1 atom stereocenters. The summed E-state index contributed by atoms with van der Waals surface area (Å²) in [5.74, 6) is 0. The number of hydrogen-bond donors (Lipinski definition) is 1. The van der Waals surface area contributed by atoms with Crippen molar-refractivity contribution in [2.45, 2.75) is 89.6 Å². The van der Waals surface area contributed by atoms with E-state index in [1.807, 2.05) is 0 Å². The molecule has 0 aromatic carbocycles. The van der Waals surface area contributed by atoms with Gasteiger partial charge in [-0.1, -0.05) is 26.2 Å². The SMILES string of the molecule is CCN(CC1CCCCN1)C1CCC2(CCCC2)CC1. The van der Waals surface area contributed by atoms with Crippen LogP contribution in [0.3, 0.4) is 0 Å². The molecule has 3 rings (SSSR count). The molecule has 3 aliphatic rings. The maximum absolute atomic E-state index is 3.73. The third-order valence-corrected chi connectivity index (χ3v) is 6.47. The van der Waals surface area contributed by atoms with Crippen molar-refractivity contribution in [2.75, 3.05) is 19.6 Å². The Morgan fingerprint density at radius 1 is 0.950 bits per heavy atom. The van der Waals surface area contributed by atoms with Crippen LogP contribution in [0, 0.1) is 5.41 Å². The van der Waals surface area contributed by atoms with Gasteiger partial charge in [0.1, 0.15) is 0 Å². The van der Waals surface area contributed by atoms with Gasteiger partial charge in [0, 0.05) is 18.6 Å². The minimum atomic E-state index is 0.770. The number of likely N-dealkylation sites (N-methyl/N-ethyl adjacent to an activating group) is 1. The number of piperidine rings is 1. The van der Waals surface area contributed by atoms with Crippen molar-refractivity contribution >= 4 is 0 Å². The Hall–Kier alpha value is -0.0800. The molecule has 1 spiro atoms. The van der Waals surface area contributed by atoms with Gasteiger partial charge in [-0.3, -0.25) is 4.90 Å². The summed E-state index contributed by atoms with van der Waals surface area (Å²) in [5, 5.41) is 3.73. The van der Waals surface area contributed by atoms with Gasteiger partial charge in [-0.2, -0.15) is 0 Å². The molecule has 1 N–H and O–H groups in total. The lowest BCUT2D eigenvalue weighted by Crippen LogP contribution is -2.48. The normalized spacial score (nSPS) is 31.2. The van der Waals surface area contributed by atoms with E-state index < -0.39 is 0 Å². The van der Waals surface area contributed by atoms with E-state index in [1.165, 1.54) is 90.3 Å². The lowest BCUT2D eigenvalue weighted by atomic mass is 9.71. The van der Waals surface area contributed by atoms with E-state index in [1.54, 1.807) is 0 Å². The van der Waals surface area contributed by atoms with Gasteiger partial charge >= 0.3 is 0 Å². The lowest BCUT2D eigenvalue weighted by molar-refractivity contribution is 0.0846. The van der Waals surface area contributed by atoms with Gasteiger partial charge in [0.15, 0.2) is 0 Å². The maximum atomic E-state index is 3.73. The molecule has 0 aromatic rings. The van der Waals surface area contributed by atoms with Gasteiger partial charge < -0.3 is 5.32 Å². The van der Waals surface area contributed by atoms with Crippen molar-refractivity contribution in [3.05, 3.63) is 0 Å². The summed E-state index contributed by atoms with van der Waals surface area (Å²) in [7, 11) is 0.